The van der Waals surface area contributed by atoms with Crippen LogP contribution in [0.25, 0.3) is 0 Å². The van der Waals surface area contributed by atoms with Crippen molar-refractivity contribution in [3.8, 4) is 0 Å². The molecule has 2 aromatic heterocycles. The number of ether oxygens (including phenoxy) is 1. The SMILES string of the molecule is CCOC(=O)c1c(NC(=O)CN(C)Cc2ccco2)sc2c1CCC2. The maximum atomic E-state index is 12.4. The minimum absolute atomic E-state index is 0.153. The number of aryl methyl sites for hydroxylation is 1. The number of rotatable bonds is 7. The smallest absolute Gasteiger partial charge is 0.341 e. The van der Waals surface area contributed by atoms with Crippen LogP contribution >= 0.6 is 11.3 Å². The van der Waals surface area contributed by atoms with Crippen LogP contribution in [0.2, 0.25) is 0 Å². The van der Waals surface area contributed by atoms with Crippen molar-refractivity contribution in [2.75, 3.05) is 25.5 Å². The summed E-state index contributed by atoms with van der Waals surface area (Å²) >= 11 is 1.49. The summed E-state index contributed by atoms with van der Waals surface area (Å²) in [5, 5.41) is 3.51. The maximum absolute atomic E-state index is 12.4. The van der Waals surface area contributed by atoms with Crippen LogP contribution in [0.1, 0.15) is 39.9 Å². The Kier molecular flexibility index (Phi) is 5.55. The molecule has 0 aliphatic heterocycles. The van der Waals surface area contributed by atoms with E-state index in [0.717, 1.165) is 30.6 Å². The zero-order chi connectivity index (χ0) is 17.8. The number of hydrogen-bond acceptors (Lipinski definition) is 6. The quantitative estimate of drug-likeness (QED) is 0.767. The first-order chi connectivity index (χ1) is 12.1. The molecule has 1 aliphatic carbocycles. The Morgan fingerprint density at radius 2 is 2.24 bits per heavy atom. The van der Waals surface area contributed by atoms with Crippen molar-refractivity contribution in [1.29, 1.82) is 0 Å². The van der Waals surface area contributed by atoms with E-state index in [1.165, 1.54) is 16.2 Å². The Hall–Kier alpha value is -2.12. The van der Waals surface area contributed by atoms with Crippen molar-refractivity contribution in [2.45, 2.75) is 32.7 Å². The Labute approximate surface area is 150 Å². The molecule has 0 fully saturated rings. The van der Waals surface area contributed by atoms with E-state index in [1.807, 2.05) is 24.1 Å². The first-order valence-electron chi connectivity index (χ1n) is 8.41. The summed E-state index contributed by atoms with van der Waals surface area (Å²) in [7, 11) is 1.85. The van der Waals surface area contributed by atoms with E-state index in [1.54, 1.807) is 13.2 Å². The van der Waals surface area contributed by atoms with E-state index in [9.17, 15) is 9.59 Å². The minimum atomic E-state index is -0.346. The summed E-state index contributed by atoms with van der Waals surface area (Å²) in [6, 6.07) is 3.69. The largest absolute Gasteiger partial charge is 0.468 e. The molecule has 0 unspecified atom stereocenters. The molecule has 2 heterocycles. The number of carbonyl (C=O) groups is 2. The van der Waals surface area contributed by atoms with Gasteiger partial charge in [-0.25, -0.2) is 4.79 Å². The highest BCUT2D eigenvalue weighted by atomic mass is 32.1. The number of nitrogens with zero attached hydrogens (tertiary/aromatic N) is 1. The number of hydrogen-bond donors (Lipinski definition) is 1. The minimum Gasteiger partial charge on any atom is -0.468 e. The predicted octanol–water partition coefficient (Wildman–Crippen LogP) is 3.08. The maximum Gasteiger partial charge on any atom is 0.341 e. The van der Waals surface area contributed by atoms with Gasteiger partial charge in [-0.3, -0.25) is 9.69 Å². The average molecular weight is 362 g/mol. The molecule has 0 atom stereocenters. The Bertz CT molecular complexity index is 751. The molecule has 0 radical (unpaired) electrons. The standard InChI is InChI=1S/C18H22N2O4S/c1-3-23-18(22)16-13-7-4-8-14(13)25-17(16)19-15(21)11-20(2)10-12-6-5-9-24-12/h5-6,9H,3-4,7-8,10-11H2,1-2H3,(H,19,21). The summed E-state index contributed by atoms with van der Waals surface area (Å²) in [4.78, 5) is 27.7. The molecule has 6 nitrogen and oxygen atoms in total. The van der Waals surface area contributed by atoms with E-state index in [-0.39, 0.29) is 18.4 Å². The molecular formula is C18H22N2O4S. The number of nitrogens with one attached hydrogen (secondary N) is 1. The Balaban J connectivity index is 1.67. The zero-order valence-corrected chi connectivity index (χ0v) is 15.3. The summed E-state index contributed by atoms with van der Waals surface area (Å²) in [6.07, 6.45) is 4.49. The molecule has 0 aromatic carbocycles. The van der Waals surface area contributed by atoms with Crippen molar-refractivity contribution in [2.24, 2.45) is 0 Å². The molecule has 2 aromatic rings. The molecule has 1 N–H and O–H groups in total. The van der Waals surface area contributed by atoms with Gasteiger partial charge in [-0.2, -0.15) is 0 Å². The number of furan rings is 1. The summed E-state index contributed by atoms with van der Waals surface area (Å²) in [5.41, 5.74) is 1.59. The molecule has 134 valence electrons. The van der Waals surface area contributed by atoms with Gasteiger partial charge in [0.25, 0.3) is 0 Å². The van der Waals surface area contributed by atoms with E-state index in [0.29, 0.717) is 23.7 Å². The normalized spacial score (nSPS) is 13.1. The Morgan fingerprint density at radius 3 is 2.96 bits per heavy atom. The lowest BCUT2D eigenvalue weighted by Crippen LogP contribution is -2.30. The molecule has 0 saturated heterocycles. The van der Waals surface area contributed by atoms with Crippen LogP contribution in [-0.4, -0.2) is 37.0 Å². The molecular weight excluding hydrogens is 340 g/mol. The fourth-order valence-corrected chi connectivity index (χ4v) is 4.34. The van der Waals surface area contributed by atoms with Crippen LogP contribution in [0.3, 0.4) is 0 Å². The predicted molar refractivity (Wildman–Crippen MR) is 96.0 cm³/mol. The van der Waals surface area contributed by atoms with Crippen LogP contribution in [0, 0.1) is 0 Å². The summed E-state index contributed by atoms with van der Waals surface area (Å²) < 4.78 is 10.5. The van der Waals surface area contributed by atoms with E-state index in [4.69, 9.17) is 9.15 Å². The van der Waals surface area contributed by atoms with Crippen LogP contribution in [0.4, 0.5) is 5.00 Å². The number of fused-ring (bicyclic) bond motifs is 1. The first-order valence-corrected chi connectivity index (χ1v) is 9.22. The van der Waals surface area contributed by atoms with Crippen molar-refractivity contribution < 1.29 is 18.7 Å². The summed E-state index contributed by atoms with van der Waals surface area (Å²) in [6.45, 7) is 2.87. The van der Waals surface area contributed by atoms with E-state index < -0.39 is 0 Å². The van der Waals surface area contributed by atoms with Crippen molar-refractivity contribution in [3.05, 3.63) is 40.2 Å². The summed E-state index contributed by atoms with van der Waals surface area (Å²) in [5.74, 6) is 0.304. The van der Waals surface area contributed by atoms with Crippen LogP contribution in [-0.2, 0) is 28.9 Å². The Morgan fingerprint density at radius 1 is 1.40 bits per heavy atom. The second-order valence-electron chi connectivity index (χ2n) is 6.08. The van der Waals surface area contributed by atoms with Crippen LogP contribution < -0.4 is 5.32 Å². The molecule has 0 saturated carbocycles. The van der Waals surface area contributed by atoms with Crippen LogP contribution in [0.5, 0.6) is 0 Å². The topological polar surface area (TPSA) is 71.8 Å². The molecule has 7 heteroatoms. The van der Waals surface area contributed by atoms with E-state index >= 15 is 0 Å². The number of likely N-dealkylation sites (N-methyl/N-ethyl adjacent to an activating group) is 1. The third kappa shape index (κ3) is 4.11. The number of anilines is 1. The van der Waals surface area contributed by atoms with Crippen LogP contribution in [0.15, 0.2) is 22.8 Å². The van der Waals surface area contributed by atoms with Crippen molar-refractivity contribution in [3.63, 3.8) is 0 Å². The third-order valence-electron chi connectivity index (χ3n) is 4.07. The highest BCUT2D eigenvalue weighted by Crippen LogP contribution is 2.39. The molecule has 1 amide bonds. The van der Waals surface area contributed by atoms with E-state index in [2.05, 4.69) is 5.32 Å². The monoisotopic (exact) mass is 362 g/mol. The highest BCUT2D eigenvalue weighted by Gasteiger charge is 2.28. The molecule has 3 rings (SSSR count). The van der Waals surface area contributed by atoms with Gasteiger partial charge in [-0.15, -0.1) is 11.3 Å². The zero-order valence-electron chi connectivity index (χ0n) is 14.5. The van der Waals surface area contributed by atoms with Gasteiger partial charge in [0.05, 0.1) is 31.5 Å². The molecule has 0 bridgehead atoms. The molecule has 1 aliphatic rings. The average Bonchev–Trinajstić information content (AvgIpc) is 3.24. The highest BCUT2D eigenvalue weighted by molar-refractivity contribution is 7.17. The van der Waals surface area contributed by atoms with Gasteiger partial charge in [-0.05, 0) is 50.9 Å². The van der Waals surface area contributed by atoms with Gasteiger partial charge in [0.15, 0.2) is 0 Å². The van der Waals surface area contributed by atoms with Gasteiger partial charge in [0.1, 0.15) is 10.8 Å². The third-order valence-corrected chi connectivity index (χ3v) is 5.28. The van der Waals surface area contributed by atoms with Crippen molar-refractivity contribution in [1.82, 2.24) is 4.90 Å². The van der Waals surface area contributed by atoms with Crippen molar-refractivity contribution >= 4 is 28.2 Å². The van der Waals surface area contributed by atoms with Gasteiger partial charge < -0.3 is 14.5 Å². The number of carbonyl (C=O) groups excluding carboxylic acids is 2. The van der Waals surface area contributed by atoms with Gasteiger partial charge in [-0.1, -0.05) is 0 Å². The van der Waals surface area contributed by atoms with Gasteiger partial charge in [0.2, 0.25) is 5.91 Å². The lowest BCUT2D eigenvalue weighted by molar-refractivity contribution is -0.117. The number of amides is 1. The second-order valence-corrected chi connectivity index (χ2v) is 7.19. The first kappa shape index (κ1) is 17.7. The molecule has 0 spiro atoms. The lowest BCUT2D eigenvalue weighted by atomic mass is 10.1. The fourth-order valence-electron chi connectivity index (χ4n) is 3.05. The number of thiophene rings is 1. The van der Waals surface area contributed by atoms with Gasteiger partial charge >= 0.3 is 5.97 Å². The van der Waals surface area contributed by atoms with Gasteiger partial charge in [0, 0.05) is 4.88 Å². The molecule has 25 heavy (non-hydrogen) atoms. The second kappa shape index (κ2) is 7.84. The number of esters is 1. The fraction of sp³-hybridized carbons (Fsp3) is 0.444. The lowest BCUT2D eigenvalue weighted by Gasteiger charge is -2.15.